The van der Waals surface area contributed by atoms with Crippen LogP contribution >= 0.6 is 11.3 Å². The average molecular weight is 240 g/mol. The first-order chi connectivity index (χ1) is 7.74. The third-order valence-corrected chi connectivity index (χ3v) is 3.41. The molecule has 0 aliphatic heterocycles. The minimum atomic E-state index is 0.0858. The highest BCUT2D eigenvalue weighted by Crippen LogP contribution is 2.14. The summed E-state index contributed by atoms with van der Waals surface area (Å²) in [5.74, 6) is 0.0858. The largest absolute Gasteiger partial charge is 0.355 e. The predicted molar refractivity (Wildman–Crippen MR) is 68.7 cm³/mol. The highest BCUT2D eigenvalue weighted by molar-refractivity contribution is 7.10. The Morgan fingerprint density at radius 3 is 2.94 bits per heavy atom. The molecule has 16 heavy (non-hydrogen) atoms. The van der Waals surface area contributed by atoms with Crippen molar-refractivity contribution in [3.63, 3.8) is 0 Å². The number of rotatable bonds is 7. The average Bonchev–Trinajstić information content (AvgIpc) is 2.65. The number of hydrogen-bond acceptors (Lipinski definition) is 3. The quantitative estimate of drug-likeness (QED) is 0.716. The second kappa shape index (κ2) is 7.41. The number of aryl methyl sites for hydroxylation is 1. The van der Waals surface area contributed by atoms with Gasteiger partial charge in [0.15, 0.2) is 0 Å². The van der Waals surface area contributed by atoms with Crippen LogP contribution in [0.2, 0.25) is 0 Å². The Labute approximate surface area is 101 Å². The Morgan fingerprint density at radius 1 is 1.50 bits per heavy atom. The van der Waals surface area contributed by atoms with Gasteiger partial charge in [-0.05, 0) is 30.4 Å². The Kier molecular flexibility index (Phi) is 6.11. The van der Waals surface area contributed by atoms with Gasteiger partial charge in [0.25, 0.3) is 0 Å². The highest BCUT2D eigenvalue weighted by atomic mass is 32.1. The molecule has 0 fully saturated rings. The van der Waals surface area contributed by atoms with Gasteiger partial charge in [-0.3, -0.25) is 4.79 Å². The van der Waals surface area contributed by atoms with E-state index in [9.17, 15) is 4.79 Å². The molecule has 0 saturated heterocycles. The van der Waals surface area contributed by atoms with Crippen molar-refractivity contribution in [2.75, 3.05) is 13.1 Å². The molecule has 4 heteroatoms. The summed E-state index contributed by atoms with van der Waals surface area (Å²) in [5, 5.41) is 8.11. The van der Waals surface area contributed by atoms with E-state index >= 15 is 0 Å². The molecule has 1 aromatic rings. The van der Waals surface area contributed by atoms with Crippen molar-refractivity contribution in [1.29, 1.82) is 0 Å². The third-order valence-electron chi connectivity index (χ3n) is 2.39. The molecule has 1 amide bonds. The van der Waals surface area contributed by atoms with Gasteiger partial charge in [-0.25, -0.2) is 0 Å². The van der Waals surface area contributed by atoms with E-state index in [2.05, 4.69) is 35.9 Å². The second-order valence-corrected chi connectivity index (χ2v) is 4.83. The van der Waals surface area contributed by atoms with Crippen molar-refractivity contribution in [1.82, 2.24) is 10.6 Å². The van der Waals surface area contributed by atoms with Crippen LogP contribution in [0.3, 0.4) is 0 Å². The zero-order chi connectivity index (χ0) is 11.8. The van der Waals surface area contributed by atoms with Gasteiger partial charge in [-0.15, -0.1) is 11.3 Å². The van der Waals surface area contributed by atoms with Gasteiger partial charge >= 0.3 is 0 Å². The topological polar surface area (TPSA) is 41.1 Å². The fraction of sp³-hybridized carbons (Fsp3) is 0.583. The lowest BCUT2D eigenvalue weighted by Crippen LogP contribution is -2.34. The molecule has 3 nitrogen and oxygen atoms in total. The van der Waals surface area contributed by atoms with Gasteiger partial charge in [0.1, 0.15) is 0 Å². The molecule has 0 radical (unpaired) electrons. The summed E-state index contributed by atoms with van der Waals surface area (Å²) in [5.41, 5.74) is 1.30. The van der Waals surface area contributed by atoms with Crippen LogP contribution in [0.25, 0.3) is 0 Å². The molecule has 1 aromatic heterocycles. The van der Waals surface area contributed by atoms with E-state index in [-0.39, 0.29) is 5.91 Å². The lowest BCUT2D eigenvalue weighted by molar-refractivity contribution is -0.120. The smallest absolute Gasteiger partial charge is 0.233 e. The molecule has 0 spiro atoms. The number of nitrogens with one attached hydrogen (secondary N) is 2. The van der Waals surface area contributed by atoms with Crippen molar-refractivity contribution in [3.05, 3.63) is 21.9 Å². The molecule has 0 unspecified atom stereocenters. The van der Waals surface area contributed by atoms with E-state index in [1.807, 2.05) is 0 Å². The minimum absolute atomic E-state index is 0.0858. The van der Waals surface area contributed by atoms with E-state index in [4.69, 9.17) is 0 Å². The number of hydrogen-bond donors (Lipinski definition) is 2. The standard InChI is InChI=1S/C12H20N2OS/c1-3-4-6-14-12(15)9-13-8-11-10(2)5-7-16-11/h5,7,13H,3-4,6,8-9H2,1-2H3,(H,14,15). The van der Waals surface area contributed by atoms with Crippen LogP contribution in [0.1, 0.15) is 30.2 Å². The molecular formula is C12H20N2OS. The molecular weight excluding hydrogens is 220 g/mol. The van der Waals surface area contributed by atoms with Gasteiger partial charge in [0, 0.05) is 18.0 Å². The summed E-state index contributed by atoms with van der Waals surface area (Å²) in [6.07, 6.45) is 2.16. The first-order valence-corrected chi connectivity index (χ1v) is 6.62. The van der Waals surface area contributed by atoms with Gasteiger partial charge in [0.2, 0.25) is 5.91 Å². The Hall–Kier alpha value is -0.870. The van der Waals surface area contributed by atoms with Gasteiger partial charge in [-0.1, -0.05) is 13.3 Å². The Bertz CT molecular complexity index is 323. The predicted octanol–water partition coefficient (Wildman–Crippen LogP) is 2.06. The van der Waals surface area contributed by atoms with E-state index in [0.717, 1.165) is 25.9 Å². The normalized spacial score (nSPS) is 10.4. The second-order valence-electron chi connectivity index (χ2n) is 3.83. The summed E-state index contributed by atoms with van der Waals surface area (Å²) < 4.78 is 0. The molecule has 90 valence electrons. The SMILES string of the molecule is CCCCNC(=O)CNCc1sccc1C. The molecule has 0 saturated carbocycles. The maximum atomic E-state index is 11.4. The van der Waals surface area contributed by atoms with Crippen LogP contribution < -0.4 is 10.6 Å². The highest BCUT2D eigenvalue weighted by Gasteiger charge is 2.02. The lowest BCUT2D eigenvalue weighted by atomic mass is 10.3. The molecule has 0 aromatic carbocycles. The first kappa shape index (κ1) is 13.2. The zero-order valence-electron chi connectivity index (χ0n) is 10.0. The van der Waals surface area contributed by atoms with Crippen LogP contribution in [-0.4, -0.2) is 19.0 Å². The van der Waals surface area contributed by atoms with Crippen molar-refractivity contribution >= 4 is 17.2 Å². The van der Waals surface area contributed by atoms with Crippen molar-refractivity contribution in [3.8, 4) is 0 Å². The van der Waals surface area contributed by atoms with Crippen LogP contribution in [-0.2, 0) is 11.3 Å². The molecule has 1 heterocycles. The molecule has 2 N–H and O–H groups in total. The molecule has 0 aliphatic carbocycles. The summed E-state index contributed by atoms with van der Waals surface area (Å²) in [6.45, 7) is 6.18. The Morgan fingerprint density at radius 2 is 2.31 bits per heavy atom. The third kappa shape index (κ3) is 4.77. The Balaban J connectivity index is 2.11. The van der Waals surface area contributed by atoms with E-state index in [1.165, 1.54) is 10.4 Å². The molecule has 0 aliphatic rings. The zero-order valence-corrected chi connectivity index (χ0v) is 10.8. The van der Waals surface area contributed by atoms with Crippen molar-refractivity contribution < 1.29 is 4.79 Å². The van der Waals surface area contributed by atoms with Crippen molar-refractivity contribution in [2.24, 2.45) is 0 Å². The lowest BCUT2D eigenvalue weighted by Gasteiger charge is -2.05. The fourth-order valence-corrected chi connectivity index (χ4v) is 2.22. The number of carbonyl (C=O) groups is 1. The first-order valence-electron chi connectivity index (χ1n) is 5.74. The monoisotopic (exact) mass is 240 g/mol. The number of carbonyl (C=O) groups excluding carboxylic acids is 1. The van der Waals surface area contributed by atoms with Crippen molar-refractivity contribution in [2.45, 2.75) is 33.2 Å². The molecule has 0 atom stereocenters. The van der Waals surface area contributed by atoms with E-state index < -0.39 is 0 Å². The van der Waals surface area contributed by atoms with Gasteiger partial charge < -0.3 is 10.6 Å². The molecule has 0 bridgehead atoms. The number of thiophene rings is 1. The van der Waals surface area contributed by atoms with E-state index in [0.29, 0.717) is 6.54 Å². The van der Waals surface area contributed by atoms with Crippen LogP contribution in [0, 0.1) is 6.92 Å². The minimum Gasteiger partial charge on any atom is -0.355 e. The van der Waals surface area contributed by atoms with Crippen LogP contribution in [0.4, 0.5) is 0 Å². The molecule has 1 rings (SSSR count). The van der Waals surface area contributed by atoms with Crippen LogP contribution in [0.5, 0.6) is 0 Å². The maximum Gasteiger partial charge on any atom is 0.233 e. The van der Waals surface area contributed by atoms with Crippen LogP contribution in [0.15, 0.2) is 11.4 Å². The summed E-state index contributed by atoms with van der Waals surface area (Å²) >= 11 is 1.73. The number of unbranched alkanes of at least 4 members (excludes halogenated alkanes) is 1. The summed E-state index contributed by atoms with van der Waals surface area (Å²) in [4.78, 5) is 12.7. The van der Waals surface area contributed by atoms with E-state index in [1.54, 1.807) is 11.3 Å². The van der Waals surface area contributed by atoms with Gasteiger partial charge in [-0.2, -0.15) is 0 Å². The fourth-order valence-electron chi connectivity index (χ4n) is 1.34. The number of amides is 1. The van der Waals surface area contributed by atoms with Gasteiger partial charge in [0.05, 0.1) is 6.54 Å². The summed E-state index contributed by atoms with van der Waals surface area (Å²) in [6, 6.07) is 2.10. The maximum absolute atomic E-state index is 11.4. The summed E-state index contributed by atoms with van der Waals surface area (Å²) in [7, 11) is 0.